The van der Waals surface area contributed by atoms with Gasteiger partial charge in [-0.2, -0.15) is 13.2 Å². The van der Waals surface area contributed by atoms with E-state index in [1.54, 1.807) is 24.3 Å². The summed E-state index contributed by atoms with van der Waals surface area (Å²) < 4.78 is 44.2. The number of alkyl halides is 3. The number of likely N-dealkylation sites (tertiary alicyclic amines) is 1. The van der Waals surface area contributed by atoms with Crippen molar-refractivity contribution in [2.24, 2.45) is 5.73 Å². The van der Waals surface area contributed by atoms with E-state index < -0.39 is 30.8 Å². The summed E-state index contributed by atoms with van der Waals surface area (Å²) in [5.74, 6) is -0.366. The van der Waals surface area contributed by atoms with E-state index in [-0.39, 0.29) is 19.4 Å². The minimum atomic E-state index is -4.46. The molecular weight excluding hydrogens is 321 g/mol. The fraction of sp³-hybridized carbons (Fsp3) is 0.500. The number of hydrogen-bond donors (Lipinski definition) is 1. The molecule has 0 spiro atoms. The third kappa shape index (κ3) is 4.27. The highest BCUT2D eigenvalue weighted by atomic mass is 35.5. The van der Waals surface area contributed by atoms with Gasteiger partial charge in [0, 0.05) is 17.6 Å². The molecule has 2 atom stereocenters. The zero-order chi connectivity index (χ0) is 16.3. The summed E-state index contributed by atoms with van der Waals surface area (Å²) in [7, 11) is 0. The average Bonchev–Trinajstić information content (AvgIpc) is 2.45. The summed E-state index contributed by atoms with van der Waals surface area (Å²) in [4.78, 5) is 12.8. The van der Waals surface area contributed by atoms with E-state index in [0.717, 1.165) is 4.90 Å². The second kappa shape index (κ2) is 6.75. The van der Waals surface area contributed by atoms with Gasteiger partial charge < -0.3 is 15.4 Å². The number of carbonyl (C=O) groups excluding carboxylic acids is 1. The first-order valence-corrected chi connectivity index (χ1v) is 7.15. The van der Waals surface area contributed by atoms with Crippen LogP contribution in [0.1, 0.15) is 12.8 Å². The number of hydrogen-bond acceptors (Lipinski definition) is 3. The fourth-order valence-corrected chi connectivity index (χ4v) is 2.50. The lowest BCUT2D eigenvalue weighted by Gasteiger charge is -2.39. The Morgan fingerprint density at radius 3 is 2.55 bits per heavy atom. The van der Waals surface area contributed by atoms with Crippen LogP contribution in [0.25, 0.3) is 0 Å². The van der Waals surface area contributed by atoms with Gasteiger partial charge in [-0.05, 0) is 37.1 Å². The van der Waals surface area contributed by atoms with Gasteiger partial charge in [-0.3, -0.25) is 4.79 Å². The van der Waals surface area contributed by atoms with E-state index in [1.165, 1.54) is 0 Å². The van der Waals surface area contributed by atoms with Gasteiger partial charge in [-0.15, -0.1) is 0 Å². The number of benzene rings is 1. The molecule has 1 saturated heterocycles. The molecule has 1 heterocycles. The summed E-state index contributed by atoms with van der Waals surface area (Å²) in [5, 5.41) is 0.498. The van der Waals surface area contributed by atoms with Crippen LogP contribution >= 0.6 is 11.6 Å². The van der Waals surface area contributed by atoms with Crippen LogP contribution in [0.3, 0.4) is 0 Å². The maximum atomic E-state index is 13.0. The zero-order valence-electron chi connectivity index (χ0n) is 11.6. The van der Waals surface area contributed by atoms with Crippen molar-refractivity contribution in [2.75, 3.05) is 13.2 Å². The standard InChI is InChI=1S/C14H16ClF3N2O2/c15-9-1-4-11(5-2-9)22-8-13(21)20-7-10(19)3-6-12(20)14(16,17)18/h1-2,4-5,10,12H,3,6-8,19H2/t10-,12+/m1/s1. The van der Waals surface area contributed by atoms with E-state index in [0.29, 0.717) is 10.8 Å². The van der Waals surface area contributed by atoms with Crippen molar-refractivity contribution in [2.45, 2.75) is 31.1 Å². The Kier molecular flexibility index (Phi) is 5.18. The van der Waals surface area contributed by atoms with Gasteiger partial charge in [-0.1, -0.05) is 11.6 Å². The van der Waals surface area contributed by atoms with Crippen molar-refractivity contribution >= 4 is 17.5 Å². The van der Waals surface area contributed by atoms with Gasteiger partial charge >= 0.3 is 6.18 Å². The number of rotatable bonds is 3. The number of nitrogens with two attached hydrogens (primary N) is 1. The fourth-order valence-electron chi connectivity index (χ4n) is 2.37. The Labute approximate surface area is 131 Å². The van der Waals surface area contributed by atoms with Crippen LogP contribution in [0, 0.1) is 0 Å². The van der Waals surface area contributed by atoms with E-state index in [2.05, 4.69) is 0 Å². The molecule has 0 radical (unpaired) electrons. The Bertz CT molecular complexity index is 522. The Balaban J connectivity index is 2.00. The van der Waals surface area contributed by atoms with Crippen LogP contribution in [-0.4, -0.2) is 42.2 Å². The van der Waals surface area contributed by atoms with Crippen molar-refractivity contribution in [1.82, 2.24) is 4.90 Å². The SMILES string of the molecule is N[C@@H]1CC[C@@H](C(F)(F)F)N(C(=O)COc2ccc(Cl)cc2)C1. The molecule has 4 nitrogen and oxygen atoms in total. The van der Waals surface area contributed by atoms with E-state index >= 15 is 0 Å². The summed E-state index contributed by atoms with van der Waals surface area (Å²) in [5.41, 5.74) is 5.68. The molecule has 22 heavy (non-hydrogen) atoms. The largest absolute Gasteiger partial charge is 0.484 e. The first-order valence-electron chi connectivity index (χ1n) is 6.77. The van der Waals surface area contributed by atoms with Crippen LogP contribution in [0.15, 0.2) is 24.3 Å². The molecule has 1 aliphatic heterocycles. The number of amides is 1. The van der Waals surface area contributed by atoms with Crippen molar-refractivity contribution in [3.05, 3.63) is 29.3 Å². The van der Waals surface area contributed by atoms with E-state index in [9.17, 15) is 18.0 Å². The molecule has 1 aromatic rings. The number of ether oxygens (including phenoxy) is 1. The minimum absolute atomic E-state index is 0.118. The summed E-state index contributed by atoms with van der Waals surface area (Å²) in [6.45, 7) is -0.589. The van der Waals surface area contributed by atoms with Crippen LogP contribution in [-0.2, 0) is 4.79 Å². The zero-order valence-corrected chi connectivity index (χ0v) is 12.4. The minimum Gasteiger partial charge on any atom is -0.484 e. The molecule has 2 rings (SSSR count). The average molecular weight is 337 g/mol. The molecule has 8 heteroatoms. The lowest BCUT2D eigenvalue weighted by Crippen LogP contribution is -2.57. The van der Waals surface area contributed by atoms with E-state index in [4.69, 9.17) is 22.1 Å². The molecule has 122 valence electrons. The predicted molar refractivity (Wildman–Crippen MR) is 75.7 cm³/mol. The molecule has 1 aromatic carbocycles. The molecule has 0 saturated carbocycles. The molecule has 0 bridgehead atoms. The molecule has 0 aromatic heterocycles. The number of halogens is 4. The highest BCUT2D eigenvalue weighted by Gasteiger charge is 2.47. The third-order valence-corrected chi connectivity index (χ3v) is 3.74. The second-order valence-corrected chi connectivity index (χ2v) is 5.62. The third-order valence-electron chi connectivity index (χ3n) is 3.49. The molecule has 1 aliphatic rings. The van der Waals surface area contributed by atoms with Crippen molar-refractivity contribution < 1.29 is 22.7 Å². The van der Waals surface area contributed by atoms with Gasteiger partial charge in [0.2, 0.25) is 0 Å². The number of nitrogens with zero attached hydrogens (tertiary/aromatic N) is 1. The van der Waals surface area contributed by atoms with Crippen molar-refractivity contribution in [1.29, 1.82) is 0 Å². The smallest absolute Gasteiger partial charge is 0.408 e. The highest BCUT2D eigenvalue weighted by molar-refractivity contribution is 6.30. The van der Waals surface area contributed by atoms with Crippen molar-refractivity contribution in [3.8, 4) is 5.75 Å². The van der Waals surface area contributed by atoms with Gasteiger partial charge in [0.15, 0.2) is 6.61 Å². The molecule has 1 amide bonds. The van der Waals surface area contributed by atoms with Crippen LogP contribution < -0.4 is 10.5 Å². The van der Waals surface area contributed by atoms with Gasteiger partial charge in [-0.25, -0.2) is 0 Å². The maximum Gasteiger partial charge on any atom is 0.408 e. The maximum absolute atomic E-state index is 13.0. The van der Waals surface area contributed by atoms with E-state index in [1.807, 2.05) is 0 Å². The van der Waals surface area contributed by atoms with Gasteiger partial charge in [0.05, 0.1) is 0 Å². The number of piperidine rings is 1. The molecule has 2 N–H and O–H groups in total. The highest BCUT2D eigenvalue weighted by Crippen LogP contribution is 2.31. The molecular formula is C14H16ClF3N2O2. The Morgan fingerprint density at radius 1 is 1.32 bits per heavy atom. The summed E-state index contributed by atoms with van der Waals surface area (Å²) in [6.07, 6.45) is -4.40. The molecule has 0 unspecified atom stereocenters. The first-order chi connectivity index (χ1) is 10.3. The first kappa shape index (κ1) is 16.9. The topological polar surface area (TPSA) is 55.6 Å². The quantitative estimate of drug-likeness (QED) is 0.923. The van der Waals surface area contributed by atoms with Crippen LogP contribution in [0.4, 0.5) is 13.2 Å². The lowest BCUT2D eigenvalue weighted by molar-refractivity contribution is -0.197. The monoisotopic (exact) mass is 336 g/mol. The summed E-state index contributed by atoms with van der Waals surface area (Å²) >= 11 is 5.71. The van der Waals surface area contributed by atoms with Crippen molar-refractivity contribution in [3.63, 3.8) is 0 Å². The molecule has 1 fully saturated rings. The molecule has 0 aliphatic carbocycles. The second-order valence-electron chi connectivity index (χ2n) is 5.18. The number of carbonyl (C=O) groups is 1. The summed E-state index contributed by atoms with van der Waals surface area (Å²) in [6, 6.07) is 3.97. The van der Waals surface area contributed by atoms with Crippen LogP contribution in [0.2, 0.25) is 5.02 Å². The van der Waals surface area contributed by atoms with Gasteiger partial charge in [0.25, 0.3) is 5.91 Å². The van der Waals surface area contributed by atoms with Gasteiger partial charge in [0.1, 0.15) is 11.8 Å². The van der Waals surface area contributed by atoms with Crippen LogP contribution in [0.5, 0.6) is 5.75 Å². The Morgan fingerprint density at radius 2 is 1.95 bits per heavy atom. The lowest BCUT2D eigenvalue weighted by atomic mass is 9.98. The normalized spacial score (nSPS) is 22.5. The Hall–Kier alpha value is -1.47. The predicted octanol–water partition coefficient (Wildman–Crippen LogP) is 2.60.